The molecule has 0 bridgehead atoms. The van der Waals surface area contributed by atoms with Crippen LogP contribution in [-0.2, 0) is 9.53 Å². The van der Waals surface area contributed by atoms with Gasteiger partial charge in [0.1, 0.15) is 0 Å². The van der Waals surface area contributed by atoms with Crippen LogP contribution in [0.1, 0.15) is 32.1 Å². The molecule has 0 aromatic carbocycles. The number of methoxy groups -OCH3 is 1. The predicted octanol–water partition coefficient (Wildman–Crippen LogP) is 2.13. The molecule has 1 aliphatic rings. The summed E-state index contributed by atoms with van der Waals surface area (Å²) in [5, 5.41) is 12.0. The molecule has 1 fully saturated rings. The average Bonchev–Trinajstić information content (AvgIpc) is 2.28. The standard InChI is InChI=1S/C11H17NO3/c1-3-6-11(10(13)15-2)7-4-5-9(8-11)12-14/h3,14H,1,4-8H2,2H3/b12-9+/t11-/m1/s1. The Balaban J connectivity index is 2.89. The van der Waals surface area contributed by atoms with E-state index in [1.165, 1.54) is 7.11 Å². The summed E-state index contributed by atoms with van der Waals surface area (Å²) in [6.45, 7) is 3.66. The van der Waals surface area contributed by atoms with E-state index in [9.17, 15) is 4.79 Å². The second-order valence-corrected chi connectivity index (χ2v) is 3.96. The summed E-state index contributed by atoms with van der Waals surface area (Å²) in [4.78, 5) is 11.7. The number of esters is 1. The van der Waals surface area contributed by atoms with Crippen molar-refractivity contribution in [2.24, 2.45) is 10.6 Å². The van der Waals surface area contributed by atoms with Crippen molar-refractivity contribution in [3.63, 3.8) is 0 Å². The Morgan fingerprint density at radius 2 is 2.53 bits per heavy atom. The zero-order valence-corrected chi connectivity index (χ0v) is 9.03. The number of carbonyl (C=O) groups is 1. The Bertz CT molecular complexity index is 286. The van der Waals surface area contributed by atoms with Gasteiger partial charge in [-0.3, -0.25) is 4.79 Å². The summed E-state index contributed by atoms with van der Waals surface area (Å²) < 4.78 is 4.82. The van der Waals surface area contributed by atoms with Crippen LogP contribution in [0.3, 0.4) is 0 Å². The normalized spacial score (nSPS) is 28.7. The highest BCUT2D eigenvalue weighted by molar-refractivity contribution is 5.91. The van der Waals surface area contributed by atoms with Crippen LogP contribution in [0.4, 0.5) is 0 Å². The van der Waals surface area contributed by atoms with E-state index in [1.54, 1.807) is 6.08 Å². The van der Waals surface area contributed by atoms with Crippen molar-refractivity contribution >= 4 is 11.7 Å². The minimum atomic E-state index is -0.559. The van der Waals surface area contributed by atoms with Crippen LogP contribution in [0.15, 0.2) is 17.8 Å². The van der Waals surface area contributed by atoms with Gasteiger partial charge in [0, 0.05) is 6.42 Å². The van der Waals surface area contributed by atoms with Gasteiger partial charge in [-0.15, -0.1) is 6.58 Å². The number of ether oxygens (including phenoxy) is 1. The maximum atomic E-state index is 11.7. The van der Waals surface area contributed by atoms with Crippen molar-refractivity contribution in [2.75, 3.05) is 7.11 Å². The van der Waals surface area contributed by atoms with Crippen molar-refractivity contribution in [3.8, 4) is 0 Å². The molecular weight excluding hydrogens is 194 g/mol. The zero-order valence-electron chi connectivity index (χ0n) is 9.03. The van der Waals surface area contributed by atoms with Gasteiger partial charge in [-0.25, -0.2) is 0 Å². The predicted molar refractivity (Wildman–Crippen MR) is 57.0 cm³/mol. The number of hydrogen-bond acceptors (Lipinski definition) is 4. The van der Waals surface area contributed by atoms with E-state index in [0.29, 0.717) is 18.6 Å². The Kier molecular flexibility index (Phi) is 3.88. The lowest BCUT2D eigenvalue weighted by molar-refractivity contribution is -0.153. The van der Waals surface area contributed by atoms with Crippen LogP contribution in [0.25, 0.3) is 0 Å². The number of nitrogens with zero attached hydrogens (tertiary/aromatic N) is 1. The van der Waals surface area contributed by atoms with Gasteiger partial charge in [0.05, 0.1) is 18.2 Å². The van der Waals surface area contributed by atoms with Gasteiger partial charge >= 0.3 is 5.97 Å². The monoisotopic (exact) mass is 211 g/mol. The molecule has 0 aromatic heterocycles. The number of rotatable bonds is 3. The second-order valence-electron chi connectivity index (χ2n) is 3.96. The molecule has 0 heterocycles. The third kappa shape index (κ3) is 2.37. The molecule has 84 valence electrons. The fourth-order valence-corrected chi connectivity index (χ4v) is 2.21. The largest absolute Gasteiger partial charge is 0.469 e. The zero-order chi connectivity index (χ0) is 11.3. The number of carbonyl (C=O) groups excluding carboxylic acids is 1. The minimum Gasteiger partial charge on any atom is -0.469 e. The first-order valence-electron chi connectivity index (χ1n) is 5.07. The van der Waals surface area contributed by atoms with Gasteiger partial charge in [-0.05, 0) is 25.7 Å². The Morgan fingerprint density at radius 3 is 3.07 bits per heavy atom. The summed E-state index contributed by atoms with van der Waals surface area (Å²) in [7, 11) is 1.39. The lowest BCUT2D eigenvalue weighted by Gasteiger charge is -2.33. The number of hydrogen-bond donors (Lipinski definition) is 1. The van der Waals surface area contributed by atoms with E-state index in [2.05, 4.69) is 11.7 Å². The van der Waals surface area contributed by atoms with Crippen LogP contribution in [-0.4, -0.2) is 24.0 Å². The quantitative estimate of drug-likeness (QED) is 0.336. The number of allylic oxidation sites excluding steroid dienone is 1. The fourth-order valence-electron chi connectivity index (χ4n) is 2.21. The molecule has 0 aromatic rings. The van der Waals surface area contributed by atoms with Gasteiger partial charge in [0.25, 0.3) is 0 Å². The highest BCUT2D eigenvalue weighted by Crippen LogP contribution is 2.39. The molecular formula is C11H17NO3. The Labute approximate surface area is 89.6 Å². The third-order valence-electron chi connectivity index (χ3n) is 2.96. The van der Waals surface area contributed by atoms with Gasteiger partial charge in [-0.2, -0.15) is 0 Å². The van der Waals surface area contributed by atoms with Gasteiger partial charge in [-0.1, -0.05) is 11.2 Å². The minimum absolute atomic E-state index is 0.233. The molecule has 0 aliphatic heterocycles. The van der Waals surface area contributed by atoms with Gasteiger partial charge < -0.3 is 9.94 Å². The fraction of sp³-hybridized carbons (Fsp3) is 0.636. The lowest BCUT2D eigenvalue weighted by Crippen LogP contribution is -2.37. The van der Waals surface area contributed by atoms with Crippen molar-refractivity contribution < 1.29 is 14.7 Å². The topological polar surface area (TPSA) is 58.9 Å². The third-order valence-corrected chi connectivity index (χ3v) is 2.96. The smallest absolute Gasteiger partial charge is 0.312 e. The SMILES string of the molecule is C=CC[C@@]1(C(=O)OC)CCC/C(=N\O)C1. The van der Waals surface area contributed by atoms with E-state index >= 15 is 0 Å². The van der Waals surface area contributed by atoms with Crippen LogP contribution in [0.5, 0.6) is 0 Å². The molecule has 0 radical (unpaired) electrons. The van der Waals surface area contributed by atoms with Crippen molar-refractivity contribution in [1.29, 1.82) is 0 Å². The molecule has 0 unspecified atom stereocenters. The summed E-state index contributed by atoms with van der Waals surface area (Å²) in [6, 6.07) is 0. The molecule has 1 aliphatic carbocycles. The molecule has 1 saturated carbocycles. The molecule has 0 spiro atoms. The lowest BCUT2D eigenvalue weighted by atomic mass is 9.71. The first-order chi connectivity index (χ1) is 7.18. The molecule has 1 rings (SSSR count). The summed E-state index contributed by atoms with van der Waals surface area (Å²) >= 11 is 0. The number of oxime groups is 1. The van der Waals surface area contributed by atoms with Crippen molar-refractivity contribution in [1.82, 2.24) is 0 Å². The van der Waals surface area contributed by atoms with E-state index in [0.717, 1.165) is 19.3 Å². The molecule has 0 saturated heterocycles. The summed E-state index contributed by atoms with van der Waals surface area (Å²) in [5.41, 5.74) is 0.115. The van der Waals surface area contributed by atoms with Gasteiger partial charge in [0.2, 0.25) is 0 Å². The van der Waals surface area contributed by atoms with Crippen LogP contribution >= 0.6 is 0 Å². The van der Waals surface area contributed by atoms with Crippen molar-refractivity contribution in [3.05, 3.63) is 12.7 Å². The molecule has 0 amide bonds. The van der Waals surface area contributed by atoms with E-state index < -0.39 is 5.41 Å². The Morgan fingerprint density at radius 1 is 1.80 bits per heavy atom. The van der Waals surface area contributed by atoms with Crippen LogP contribution < -0.4 is 0 Å². The molecule has 15 heavy (non-hydrogen) atoms. The summed E-state index contributed by atoms with van der Waals surface area (Å²) in [6.07, 6.45) is 5.14. The van der Waals surface area contributed by atoms with E-state index in [-0.39, 0.29) is 5.97 Å². The van der Waals surface area contributed by atoms with E-state index in [1.807, 2.05) is 0 Å². The first kappa shape index (κ1) is 11.8. The molecule has 4 nitrogen and oxygen atoms in total. The van der Waals surface area contributed by atoms with Gasteiger partial charge in [0.15, 0.2) is 0 Å². The Hall–Kier alpha value is -1.32. The van der Waals surface area contributed by atoms with Crippen molar-refractivity contribution in [2.45, 2.75) is 32.1 Å². The first-order valence-corrected chi connectivity index (χ1v) is 5.07. The molecule has 4 heteroatoms. The molecule has 1 N–H and O–H groups in total. The van der Waals surface area contributed by atoms with Crippen LogP contribution in [0.2, 0.25) is 0 Å². The highest BCUT2D eigenvalue weighted by Gasteiger charge is 2.41. The van der Waals surface area contributed by atoms with Crippen LogP contribution in [0, 0.1) is 5.41 Å². The van der Waals surface area contributed by atoms with E-state index in [4.69, 9.17) is 9.94 Å². The molecule has 1 atom stereocenters. The maximum absolute atomic E-state index is 11.7. The summed E-state index contributed by atoms with van der Waals surface area (Å²) in [5.74, 6) is -0.233. The highest BCUT2D eigenvalue weighted by atomic mass is 16.5. The second kappa shape index (κ2) is 4.96. The maximum Gasteiger partial charge on any atom is 0.312 e. The average molecular weight is 211 g/mol.